The first kappa shape index (κ1) is 14.1. The molecule has 2 amide bonds. The van der Waals surface area contributed by atoms with Crippen molar-refractivity contribution in [1.29, 1.82) is 0 Å². The van der Waals surface area contributed by atoms with E-state index in [1.54, 1.807) is 0 Å². The zero-order chi connectivity index (χ0) is 15.0. The van der Waals surface area contributed by atoms with Crippen LogP contribution in [0.4, 0.5) is 0 Å². The summed E-state index contributed by atoms with van der Waals surface area (Å²) in [5, 5.41) is 7.29. The lowest BCUT2D eigenvalue weighted by Gasteiger charge is -2.15. The van der Waals surface area contributed by atoms with Gasteiger partial charge in [0.05, 0.1) is 18.2 Å². The third-order valence-corrected chi connectivity index (χ3v) is 4.24. The lowest BCUT2D eigenvalue weighted by atomic mass is 10.1. The Hall–Kier alpha value is -1.85. The van der Waals surface area contributed by atoms with Crippen molar-refractivity contribution in [3.63, 3.8) is 0 Å². The maximum Gasteiger partial charge on any atom is 0.225 e. The van der Waals surface area contributed by atoms with E-state index in [4.69, 9.17) is 0 Å². The van der Waals surface area contributed by atoms with Gasteiger partial charge in [-0.1, -0.05) is 0 Å². The van der Waals surface area contributed by atoms with Gasteiger partial charge in [-0.05, 0) is 32.8 Å². The number of aryl methyl sites for hydroxylation is 2. The highest BCUT2D eigenvalue weighted by atomic mass is 16.2. The number of hydrogen-bond donors (Lipinski definition) is 1. The molecule has 114 valence electrons. The molecular formula is C15H22N4O2. The Morgan fingerprint density at radius 3 is 2.81 bits per heavy atom. The standard InChI is InChI=1S/C15H22N4O2/c1-10-7-11(2)19(17-10)6-5-16-15(21)12-8-14(20)18(9-12)13-3-4-13/h7,12-13H,3-6,8-9H2,1-2H3,(H,16,21)/t12-/m1/s1. The molecule has 1 saturated carbocycles. The first-order chi connectivity index (χ1) is 10.0. The number of nitrogens with zero attached hydrogens (tertiary/aromatic N) is 3. The van der Waals surface area contributed by atoms with Crippen molar-refractivity contribution in [2.75, 3.05) is 13.1 Å². The summed E-state index contributed by atoms with van der Waals surface area (Å²) in [7, 11) is 0. The molecule has 1 aromatic heterocycles. The summed E-state index contributed by atoms with van der Waals surface area (Å²) in [6.07, 6.45) is 2.55. The molecule has 2 fully saturated rings. The van der Waals surface area contributed by atoms with E-state index < -0.39 is 0 Å². The van der Waals surface area contributed by atoms with Crippen molar-refractivity contribution < 1.29 is 9.59 Å². The number of hydrogen-bond acceptors (Lipinski definition) is 3. The first-order valence-electron chi connectivity index (χ1n) is 7.63. The highest BCUT2D eigenvalue weighted by Gasteiger charge is 2.41. The van der Waals surface area contributed by atoms with Crippen molar-refractivity contribution in [3.8, 4) is 0 Å². The normalized spacial score (nSPS) is 21.9. The number of amides is 2. The Kier molecular flexibility index (Phi) is 3.69. The van der Waals surface area contributed by atoms with Crippen molar-refractivity contribution in [1.82, 2.24) is 20.0 Å². The fourth-order valence-electron chi connectivity index (χ4n) is 2.98. The number of aromatic nitrogens is 2. The Balaban J connectivity index is 1.46. The highest BCUT2D eigenvalue weighted by Crippen LogP contribution is 2.32. The molecule has 3 rings (SSSR count). The second-order valence-electron chi connectivity index (χ2n) is 6.12. The van der Waals surface area contributed by atoms with E-state index in [1.807, 2.05) is 29.5 Å². The van der Waals surface area contributed by atoms with Crippen LogP contribution in [0.2, 0.25) is 0 Å². The van der Waals surface area contributed by atoms with E-state index in [0.29, 0.717) is 32.1 Å². The average Bonchev–Trinajstić information content (AvgIpc) is 3.12. The van der Waals surface area contributed by atoms with Gasteiger partial charge in [-0.25, -0.2) is 0 Å². The molecule has 0 spiro atoms. The molecule has 0 aromatic carbocycles. The molecule has 2 aliphatic rings. The third kappa shape index (κ3) is 3.09. The molecule has 6 nitrogen and oxygen atoms in total. The maximum atomic E-state index is 12.1. The van der Waals surface area contributed by atoms with Gasteiger partial charge in [0.1, 0.15) is 0 Å². The Morgan fingerprint density at radius 2 is 2.19 bits per heavy atom. The Bertz CT molecular complexity index is 562. The zero-order valence-corrected chi connectivity index (χ0v) is 12.6. The Labute approximate surface area is 124 Å². The summed E-state index contributed by atoms with van der Waals surface area (Å²) in [4.78, 5) is 25.9. The summed E-state index contributed by atoms with van der Waals surface area (Å²) < 4.78 is 1.89. The van der Waals surface area contributed by atoms with E-state index in [1.165, 1.54) is 0 Å². The van der Waals surface area contributed by atoms with Gasteiger partial charge in [0.2, 0.25) is 11.8 Å². The first-order valence-corrected chi connectivity index (χ1v) is 7.63. The van der Waals surface area contributed by atoms with Gasteiger partial charge in [-0.2, -0.15) is 5.10 Å². The fraction of sp³-hybridized carbons (Fsp3) is 0.667. The molecule has 21 heavy (non-hydrogen) atoms. The van der Waals surface area contributed by atoms with E-state index in [0.717, 1.165) is 24.2 Å². The van der Waals surface area contributed by atoms with E-state index in [-0.39, 0.29) is 17.7 Å². The highest BCUT2D eigenvalue weighted by molar-refractivity contribution is 5.89. The second kappa shape index (κ2) is 5.50. The summed E-state index contributed by atoms with van der Waals surface area (Å²) >= 11 is 0. The van der Waals surface area contributed by atoms with Crippen LogP contribution in [0.3, 0.4) is 0 Å². The van der Waals surface area contributed by atoms with Crippen LogP contribution < -0.4 is 5.32 Å². The molecule has 1 aliphatic carbocycles. The van der Waals surface area contributed by atoms with Gasteiger partial charge in [-0.15, -0.1) is 0 Å². The lowest BCUT2D eigenvalue weighted by Crippen LogP contribution is -2.35. The van der Waals surface area contributed by atoms with Crippen LogP contribution >= 0.6 is 0 Å². The summed E-state index contributed by atoms with van der Waals surface area (Å²) in [5.41, 5.74) is 2.08. The number of carbonyl (C=O) groups is 2. The number of carbonyl (C=O) groups excluding carboxylic acids is 2. The summed E-state index contributed by atoms with van der Waals surface area (Å²) in [6.45, 7) is 5.77. The predicted molar refractivity (Wildman–Crippen MR) is 77.6 cm³/mol. The molecule has 1 saturated heterocycles. The smallest absolute Gasteiger partial charge is 0.225 e. The van der Waals surface area contributed by atoms with Gasteiger partial charge < -0.3 is 10.2 Å². The second-order valence-corrected chi connectivity index (χ2v) is 6.12. The van der Waals surface area contributed by atoms with Crippen LogP contribution in [-0.4, -0.2) is 45.6 Å². The average molecular weight is 290 g/mol. The maximum absolute atomic E-state index is 12.1. The molecule has 1 N–H and O–H groups in total. The van der Waals surface area contributed by atoms with Gasteiger partial charge in [0.25, 0.3) is 0 Å². The lowest BCUT2D eigenvalue weighted by molar-refractivity contribution is -0.129. The minimum absolute atomic E-state index is 0.00645. The molecule has 0 radical (unpaired) electrons. The molecule has 6 heteroatoms. The largest absolute Gasteiger partial charge is 0.354 e. The quantitative estimate of drug-likeness (QED) is 0.865. The summed E-state index contributed by atoms with van der Waals surface area (Å²) in [5.74, 6) is -0.0530. The number of likely N-dealkylation sites (tertiary alicyclic amines) is 1. The molecule has 2 heterocycles. The van der Waals surface area contributed by atoms with E-state index in [9.17, 15) is 9.59 Å². The molecule has 0 unspecified atom stereocenters. The molecule has 1 atom stereocenters. The fourth-order valence-corrected chi connectivity index (χ4v) is 2.98. The van der Waals surface area contributed by atoms with Crippen molar-refractivity contribution in [3.05, 3.63) is 17.5 Å². The van der Waals surface area contributed by atoms with Gasteiger partial charge >= 0.3 is 0 Å². The molecule has 0 bridgehead atoms. The topological polar surface area (TPSA) is 67.2 Å². The minimum atomic E-state index is -0.182. The van der Waals surface area contributed by atoms with Crippen LogP contribution in [0, 0.1) is 19.8 Å². The number of rotatable bonds is 5. The van der Waals surface area contributed by atoms with Gasteiger partial charge in [0, 0.05) is 31.2 Å². The third-order valence-electron chi connectivity index (χ3n) is 4.24. The predicted octanol–water partition coefficient (Wildman–Crippen LogP) is 0.627. The van der Waals surface area contributed by atoms with E-state index in [2.05, 4.69) is 10.4 Å². The monoisotopic (exact) mass is 290 g/mol. The molecular weight excluding hydrogens is 268 g/mol. The zero-order valence-electron chi connectivity index (χ0n) is 12.6. The van der Waals surface area contributed by atoms with Gasteiger partial charge in [-0.3, -0.25) is 14.3 Å². The van der Waals surface area contributed by atoms with Crippen molar-refractivity contribution in [2.24, 2.45) is 5.92 Å². The van der Waals surface area contributed by atoms with Crippen LogP contribution in [0.25, 0.3) is 0 Å². The summed E-state index contributed by atoms with van der Waals surface area (Å²) in [6, 6.07) is 2.43. The van der Waals surface area contributed by atoms with Crippen LogP contribution in [-0.2, 0) is 16.1 Å². The van der Waals surface area contributed by atoms with Gasteiger partial charge in [0.15, 0.2) is 0 Å². The number of nitrogens with one attached hydrogen (secondary N) is 1. The van der Waals surface area contributed by atoms with Crippen molar-refractivity contribution >= 4 is 11.8 Å². The molecule has 1 aromatic rings. The Morgan fingerprint density at radius 1 is 1.43 bits per heavy atom. The van der Waals surface area contributed by atoms with Crippen LogP contribution in [0.15, 0.2) is 6.07 Å². The van der Waals surface area contributed by atoms with Crippen LogP contribution in [0.1, 0.15) is 30.7 Å². The van der Waals surface area contributed by atoms with E-state index >= 15 is 0 Å². The SMILES string of the molecule is Cc1cc(C)n(CCNC(=O)[C@@H]2CC(=O)N(C3CC3)C2)n1. The van der Waals surface area contributed by atoms with Crippen LogP contribution in [0.5, 0.6) is 0 Å². The van der Waals surface area contributed by atoms with Crippen molar-refractivity contribution in [2.45, 2.75) is 45.7 Å². The molecule has 1 aliphatic heterocycles. The minimum Gasteiger partial charge on any atom is -0.354 e.